The van der Waals surface area contributed by atoms with Gasteiger partial charge in [0, 0.05) is 6.54 Å². The topological polar surface area (TPSA) is 38.5 Å². The van der Waals surface area contributed by atoms with Crippen molar-refractivity contribution >= 4 is 5.69 Å². The molecule has 0 radical (unpaired) electrons. The molecule has 1 aliphatic heterocycles. The maximum Gasteiger partial charge on any atom is 0.143 e. The van der Waals surface area contributed by atoms with E-state index in [1.54, 1.807) is 0 Å². The van der Waals surface area contributed by atoms with Gasteiger partial charge in [0.1, 0.15) is 11.9 Å². The minimum Gasteiger partial charge on any atom is -0.482 e. The van der Waals surface area contributed by atoms with Crippen molar-refractivity contribution < 1.29 is 4.74 Å². The van der Waals surface area contributed by atoms with Crippen molar-refractivity contribution in [2.45, 2.75) is 19.4 Å². The molecule has 1 heterocycles. The monoisotopic (exact) mass is 282 g/mol. The predicted molar refractivity (Wildman–Crippen MR) is 86.9 cm³/mol. The fourth-order valence-electron chi connectivity index (χ4n) is 2.80. The fraction of sp³-hybridized carbons (Fsp3) is 0.333. The lowest BCUT2D eigenvalue weighted by Crippen LogP contribution is -2.36. The summed E-state index contributed by atoms with van der Waals surface area (Å²) in [5.74, 6) is 0.979. The summed E-state index contributed by atoms with van der Waals surface area (Å²) in [5.41, 5.74) is 9.31. The predicted octanol–water partition coefficient (Wildman–Crippen LogP) is 3.28. The highest BCUT2D eigenvalue weighted by atomic mass is 16.5. The van der Waals surface area contributed by atoms with Crippen molar-refractivity contribution in [1.29, 1.82) is 0 Å². The quantitative estimate of drug-likeness (QED) is 0.935. The van der Waals surface area contributed by atoms with Crippen LogP contribution in [0.3, 0.4) is 0 Å². The van der Waals surface area contributed by atoms with Crippen molar-refractivity contribution in [3.63, 3.8) is 0 Å². The molecule has 3 rings (SSSR count). The van der Waals surface area contributed by atoms with Crippen molar-refractivity contribution in [2.24, 2.45) is 5.73 Å². The van der Waals surface area contributed by atoms with Crippen LogP contribution >= 0.6 is 0 Å². The third-order valence-corrected chi connectivity index (χ3v) is 3.91. The number of hydrogen-bond acceptors (Lipinski definition) is 3. The van der Waals surface area contributed by atoms with Gasteiger partial charge in [0.2, 0.25) is 0 Å². The molecule has 1 atom stereocenters. The first-order chi connectivity index (χ1) is 10.3. The molecule has 21 heavy (non-hydrogen) atoms. The summed E-state index contributed by atoms with van der Waals surface area (Å²) in [6, 6.07) is 16.8. The van der Waals surface area contributed by atoms with Crippen LogP contribution in [0, 0.1) is 6.92 Å². The van der Waals surface area contributed by atoms with Crippen molar-refractivity contribution in [1.82, 2.24) is 0 Å². The minimum atomic E-state index is 0.0817. The van der Waals surface area contributed by atoms with Crippen molar-refractivity contribution in [3.8, 4) is 5.75 Å². The Kier molecular flexibility index (Phi) is 4.11. The third kappa shape index (κ3) is 3.03. The first kappa shape index (κ1) is 14.0. The summed E-state index contributed by atoms with van der Waals surface area (Å²) in [4.78, 5) is 2.39. The van der Waals surface area contributed by atoms with Gasteiger partial charge in [-0.2, -0.15) is 0 Å². The maximum atomic E-state index is 6.24. The number of hydrogen-bond donors (Lipinski definition) is 1. The Bertz CT molecular complexity index is 597. The Balaban J connectivity index is 1.91. The van der Waals surface area contributed by atoms with E-state index in [1.807, 2.05) is 6.07 Å². The molecule has 2 N–H and O–H groups in total. The maximum absolute atomic E-state index is 6.24. The average molecular weight is 282 g/mol. The molecule has 0 amide bonds. The van der Waals surface area contributed by atoms with Gasteiger partial charge < -0.3 is 15.4 Å². The minimum absolute atomic E-state index is 0.0817. The molecule has 0 aliphatic carbocycles. The zero-order chi connectivity index (χ0) is 14.7. The SMILES string of the molecule is Cc1ccc2c(c1)OC(c1ccccc1)CN2CCCN. The van der Waals surface area contributed by atoms with E-state index in [4.69, 9.17) is 10.5 Å². The zero-order valence-electron chi connectivity index (χ0n) is 12.5. The summed E-state index contributed by atoms with van der Waals surface area (Å²) in [7, 11) is 0. The van der Waals surface area contributed by atoms with Gasteiger partial charge in [-0.25, -0.2) is 0 Å². The summed E-state index contributed by atoms with van der Waals surface area (Å²) in [6.07, 6.45) is 1.08. The van der Waals surface area contributed by atoms with E-state index < -0.39 is 0 Å². The molecule has 0 saturated heterocycles. The number of anilines is 1. The molecule has 0 spiro atoms. The van der Waals surface area contributed by atoms with Gasteiger partial charge in [-0.1, -0.05) is 36.4 Å². The van der Waals surface area contributed by atoms with Crippen LogP contribution in [0.1, 0.15) is 23.7 Å². The van der Waals surface area contributed by atoms with Crippen molar-refractivity contribution in [2.75, 3.05) is 24.5 Å². The molecular weight excluding hydrogens is 260 g/mol. The number of aryl methyl sites for hydroxylation is 1. The van der Waals surface area contributed by atoms with Gasteiger partial charge in [0.25, 0.3) is 0 Å². The number of nitrogens with two attached hydrogens (primary N) is 1. The van der Waals surface area contributed by atoms with Gasteiger partial charge in [-0.05, 0) is 43.1 Å². The Morgan fingerprint density at radius 2 is 2.00 bits per heavy atom. The Hall–Kier alpha value is -2.00. The lowest BCUT2D eigenvalue weighted by molar-refractivity contribution is 0.197. The summed E-state index contributed by atoms with van der Waals surface area (Å²) in [5, 5.41) is 0. The van der Waals surface area contributed by atoms with E-state index in [9.17, 15) is 0 Å². The third-order valence-electron chi connectivity index (χ3n) is 3.91. The number of nitrogens with zero attached hydrogens (tertiary/aromatic N) is 1. The van der Waals surface area contributed by atoms with Crippen LogP contribution in [0.25, 0.3) is 0 Å². The number of ether oxygens (including phenoxy) is 1. The van der Waals surface area contributed by atoms with Crippen LogP contribution in [-0.2, 0) is 0 Å². The smallest absolute Gasteiger partial charge is 0.143 e. The lowest BCUT2D eigenvalue weighted by atomic mass is 10.1. The largest absolute Gasteiger partial charge is 0.482 e. The van der Waals surface area contributed by atoms with E-state index in [2.05, 4.69) is 54.3 Å². The second kappa shape index (κ2) is 6.19. The average Bonchev–Trinajstić information content (AvgIpc) is 2.52. The van der Waals surface area contributed by atoms with E-state index in [-0.39, 0.29) is 6.10 Å². The van der Waals surface area contributed by atoms with Crippen LogP contribution < -0.4 is 15.4 Å². The van der Waals surface area contributed by atoms with Crippen LogP contribution in [0.5, 0.6) is 5.75 Å². The summed E-state index contributed by atoms with van der Waals surface area (Å²) >= 11 is 0. The molecule has 0 aromatic heterocycles. The fourth-order valence-corrected chi connectivity index (χ4v) is 2.80. The number of rotatable bonds is 4. The Morgan fingerprint density at radius 1 is 1.19 bits per heavy atom. The highest BCUT2D eigenvalue weighted by Gasteiger charge is 2.26. The molecule has 0 fully saturated rings. The normalized spacial score (nSPS) is 17.2. The molecular formula is C18H22N2O. The first-order valence-corrected chi connectivity index (χ1v) is 7.55. The summed E-state index contributed by atoms with van der Waals surface area (Å²) in [6.45, 7) is 4.66. The van der Waals surface area contributed by atoms with Crippen LogP contribution in [0.15, 0.2) is 48.5 Å². The van der Waals surface area contributed by atoms with E-state index in [0.717, 1.165) is 25.3 Å². The van der Waals surface area contributed by atoms with Crippen molar-refractivity contribution in [3.05, 3.63) is 59.7 Å². The van der Waals surface area contributed by atoms with Gasteiger partial charge in [0.05, 0.1) is 12.2 Å². The first-order valence-electron chi connectivity index (χ1n) is 7.55. The van der Waals surface area contributed by atoms with Crippen LogP contribution in [-0.4, -0.2) is 19.6 Å². The molecule has 1 aliphatic rings. The van der Waals surface area contributed by atoms with Crippen LogP contribution in [0.4, 0.5) is 5.69 Å². The van der Waals surface area contributed by atoms with Crippen LogP contribution in [0.2, 0.25) is 0 Å². The molecule has 0 bridgehead atoms. The lowest BCUT2D eigenvalue weighted by Gasteiger charge is -2.36. The standard InChI is InChI=1S/C18H22N2O/c1-14-8-9-16-17(12-14)21-18(13-20(16)11-5-10-19)15-6-3-2-4-7-15/h2-4,6-9,12,18H,5,10-11,13,19H2,1H3. The van der Waals surface area contributed by atoms with Gasteiger partial charge >= 0.3 is 0 Å². The Labute approximate surface area is 126 Å². The molecule has 0 saturated carbocycles. The Morgan fingerprint density at radius 3 is 2.76 bits per heavy atom. The van der Waals surface area contributed by atoms with E-state index in [0.29, 0.717) is 6.54 Å². The second-order valence-electron chi connectivity index (χ2n) is 5.58. The molecule has 2 aromatic carbocycles. The van der Waals surface area contributed by atoms with E-state index in [1.165, 1.54) is 16.8 Å². The molecule has 3 nitrogen and oxygen atoms in total. The second-order valence-corrected chi connectivity index (χ2v) is 5.58. The van der Waals surface area contributed by atoms with Gasteiger partial charge in [-0.3, -0.25) is 0 Å². The molecule has 2 aromatic rings. The summed E-state index contributed by atoms with van der Waals surface area (Å²) < 4.78 is 6.24. The number of fused-ring (bicyclic) bond motifs is 1. The van der Waals surface area contributed by atoms with E-state index >= 15 is 0 Å². The van der Waals surface area contributed by atoms with Gasteiger partial charge in [-0.15, -0.1) is 0 Å². The molecule has 110 valence electrons. The highest BCUT2D eigenvalue weighted by molar-refractivity contribution is 5.61. The zero-order valence-corrected chi connectivity index (χ0v) is 12.5. The molecule has 1 unspecified atom stereocenters. The number of benzene rings is 2. The highest BCUT2D eigenvalue weighted by Crippen LogP contribution is 2.38. The molecule has 3 heteroatoms. The van der Waals surface area contributed by atoms with Gasteiger partial charge in [0.15, 0.2) is 0 Å².